The number of rotatable bonds is 7. The number of hydrogen-bond donors (Lipinski definition) is 0. The zero-order valence-electron chi connectivity index (χ0n) is 39.8. The molecule has 0 heterocycles. The van der Waals surface area contributed by atoms with E-state index in [-0.39, 0.29) is 5.41 Å². The molecule has 3 aliphatic rings. The lowest BCUT2D eigenvalue weighted by Crippen LogP contribution is -2.26. The maximum Gasteiger partial charge on any atom is 0.0726 e. The lowest BCUT2D eigenvalue weighted by atomic mass is 9.70. The van der Waals surface area contributed by atoms with Crippen molar-refractivity contribution >= 4 is 17.1 Å². The molecule has 0 fully saturated rings. The summed E-state index contributed by atoms with van der Waals surface area (Å²) in [7, 11) is 0. The topological polar surface area (TPSA) is 3.24 Å². The summed E-state index contributed by atoms with van der Waals surface area (Å²) in [5.74, 6) is 0. The summed E-state index contributed by atoms with van der Waals surface area (Å²) in [6.07, 6.45) is 0. The molecule has 0 radical (unpaired) electrons. The molecule has 3 aliphatic carbocycles. The van der Waals surface area contributed by atoms with Crippen LogP contribution >= 0.6 is 0 Å². The highest BCUT2D eigenvalue weighted by Crippen LogP contribution is 2.64. The highest BCUT2D eigenvalue weighted by molar-refractivity contribution is 6.03. The van der Waals surface area contributed by atoms with Crippen molar-refractivity contribution < 1.29 is 0 Å². The van der Waals surface area contributed by atoms with Gasteiger partial charge in [0, 0.05) is 22.4 Å². The second-order valence-electron chi connectivity index (χ2n) is 19.9. The molecule has 71 heavy (non-hydrogen) atoms. The predicted molar refractivity (Wildman–Crippen MR) is 297 cm³/mol. The van der Waals surface area contributed by atoms with Crippen molar-refractivity contribution in [3.8, 4) is 77.9 Å². The lowest BCUT2D eigenvalue weighted by molar-refractivity contribution is 0.660. The summed E-state index contributed by atoms with van der Waals surface area (Å²) < 4.78 is 0. The first-order chi connectivity index (χ1) is 35.0. The molecule has 1 nitrogen and oxygen atoms in total. The SMILES string of the molecule is CC1(C)c2ccccc2-c2c(-c3cccc(N(c4ccc5c(c4)C4(c6ccccc6-c6ccccc64)c4ccccc4-5)c4cccc(-c5ccccc5)c4-c4ccccc4-c4ccccc4)c3)cccc21. The smallest absolute Gasteiger partial charge is 0.0726 e. The van der Waals surface area contributed by atoms with Gasteiger partial charge in [-0.3, -0.25) is 0 Å². The molecular weight excluding hydrogens is 855 g/mol. The van der Waals surface area contributed by atoms with Gasteiger partial charge in [0.1, 0.15) is 0 Å². The molecule has 14 rings (SSSR count). The Kier molecular flexibility index (Phi) is 9.22. The fourth-order valence-electron chi connectivity index (χ4n) is 12.9. The first-order valence-electron chi connectivity index (χ1n) is 24.9. The molecule has 0 N–H and O–H groups in total. The first kappa shape index (κ1) is 41.2. The summed E-state index contributed by atoms with van der Waals surface area (Å²) in [6.45, 7) is 4.74. The van der Waals surface area contributed by atoms with Gasteiger partial charge in [0.2, 0.25) is 0 Å². The van der Waals surface area contributed by atoms with Gasteiger partial charge >= 0.3 is 0 Å². The molecule has 11 aromatic carbocycles. The standard InChI is InChI=1S/C70H49N/c1-69(2)60-36-15-14-33-59(60)67-53(34-20-40-64(67)69)48-26-19-27-49(44-48)71(66-41-21-35-52(47-24-7-4-8-25-47)68(66)58-32-10-9-28-51(58)46-22-5-3-6-23-46)50-42-43-57-56-31-13-18-39-63(56)70(65(57)45-50)61-37-16-11-29-54(61)55-30-12-17-38-62(55)70/h3-45H,1-2H3. The number of nitrogens with zero attached hydrogens (tertiary/aromatic N) is 1. The van der Waals surface area contributed by atoms with Gasteiger partial charge in [-0.15, -0.1) is 0 Å². The van der Waals surface area contributed by atoms with Gasteiger partial charge in [0.15, 0.2) is 0 Å². The van der Waals surface area contributed by atoms with Crippen LogP contribution in [0.2, 0.25) is 0 Å². The molecule has 0 aliphatic heterocycles. The third-order valence-corrected chi connectivity index (χ3v) is 15.9. The van der Waals surface area contributed by atoms with E-state index < -0.39 is 5.41 Å². The van der Waals surface area contributed by atoms with Crippen molar-refractivity contribution in [3.05, 3.63) is 294 Å². The van der Waals surface area contributed by atoms with Gasteiger partial charge in [-0.25, -0.2) is 0 Å². The first-order valence-corrected chi connectivity index (χ1v) is 24.9. The van der Waals surface area contributed by atoms with Crippen LogP contribution in [0.15, 0.2) is 261 Å². The number of anilines is 3. The molecule has 0 amide bonds. The van der Waals surface area contributed by atoms with Crippen molar-refractivity contribution in [2.75, 3.05) is 4.90 Å². The Morgan fingerprint density at radius 2 is 0.676 bits per heavy atom. The summed E-state index contributed by atoms with van der Waals surface area (Å²) in [5.41, 5.74) is 28.1. The van der Waals surface area contributed by atoms with Gasteiger partial charge in [-0.2, -0.15) is 0 Å². The van der Waals surface area contributed by atoms with Gasteiger partial charge in [0.05, 0.1) is 11.1 Å². The molecule has 11 aromatic rings. The Morgan fingerprint density at radius 1 is 0.254 bits per heavy atom. The molecule has 1 heteroatoms. The van der Waals surface area contributed by atoms with Crippen molar-refractivity contribution in [1.82, 2.24) is 0 Å². The van der Waals surface area contributed by atoms with Gasteiger partial charge < -0.3 is 4.90 Å². The zero-order valence-corrected chi connectivity index (χ0v) is 39.8. The normalized spacial score (nSPS) is 13.7. The van der Waals surface area contributed by atoms with E-state index in [1.165, 1.54) is 111 Å². The second-order valence-corrected chi connectivity index (χ2v) is 19.9. The minimum absolute atomic E-state index is 0.111. The summed E-state index contributed by atoms with van der Waals surface area (Å²) in [6, 6.07) is 97.5. The average molecular weight is 904 g/mol. The molecule has 0 saturated heterocycles. The van der Waals surface area contributed by atoms with Crippen molar-refractivity contribution in [2.24, 2.45) is 0 Å². The minimum atomic E-state index is -0.498. The largest absolute Gasteiger partial charge is 0.310 e. The van der Waals surface area contributed by atoms with Crippen LogP contribution < -0.4 is 4.90 Å². The molecule has 0 atom stereocenters. The van der Waals surface area contributed by atoms with Crippen LogP contribution in [0.5, 0.6) is 0 Å². The number of fused-ring (bicyclic) bond motifs is 13. The second kappa shape index (κ2) is 15.9. The number of benzene rings is 11. The van der Waals surface area contributed by atoms with E-state index in [9.17, 15) is 0 Å². The Morgan fingerprint density at radius 3 is 1.31 bits per heavy atom. The highest BCUT2D eigenvalue weighted by atomic mass is 15.1. The quantitative estimate of drug-likeness (QED) is 0.154. The predicted octanol–water partition coefficient (Wildman–Crippen LogP) is 18.5. The third-order valence-electron chi connectivity index (χ3n) is 15.9. The van der Waals surface area contributed by atoms with Crippen molar-refractivity contribution in [3.63, 3.8) is 0 Å². The molecular formula is C70H49N. The van der Waals surface area contributed by atoms with E-state index in [0.717, 1.165) is 17.1 Å². The van der Waals surface area contributed by atoms with E-state index in [1.54, 1.807) is 0 Å². The van der Waals surface area contributed by atoms with E-state index >= 15 is 0 Å². The van der Waals surface area contributed by atoms with Crippen molar-refractivity contribution in [1.29, 1.82) is 0 Å². The Bertz CT molecular complexity index is 3850. The highest BCUT2D eigenvalue weighted by Gasteiger charge is 2.51. The van der Waals surface area contributed by atoms with Crippen LogP contribution in [0, 0.1) is 0 Å². The van der Waals surface area contributed by atoms with E-state index in [4.69, 9.17) is 0 Å². The lowest BCUT2D eigenvalue weighted by Gasteiger charge is -2.33. The molecule has 334 valence electrons. The molecule has 0 saturated carbocycles. The van der Waals surface area contributed by atoms with Crippen LogP contribution in [0.1, 0.15) is 47.2 Å². The Balaban J connectivity index is 1.07. The fourth-order valence-corrected chi connectivity index (χ4v) is 12.9. The van der Waals surface area contributed by atoms with Crippen LogP contribution in [0.3, 0.4) is 0 Å². The average Bonchev–Trinajstić information content (AvgIpc) is 4.00. The van der Waals surface area contributed by atoms with E-state index in [0.29, 0.717) is 0 Å². The minimum Gasteiger partial charge on any atom is -0.310 e. The van der Waals surface area contributed by atoms with E-state index in [1.807, 2.05) is 0 Å². The fraction of sp³-hybridized carbons (Fsp3) is 0.0571. The van der Waals surface area contributed by atoms with Crippen LogP contribution in [-0.4, -0.2) is 0 Å². The Hall–Kier alpha value is -8.78. The van der Waals surface area contributed by atoms with Crippen LogP contribution in [0.25, 0.3) is 77.9 Å². The van der Waals surface area contributed by atoms with Crippen LogP contribution in [-0.2, 0) is 10.8 Å². The molecule has 0 aromatic heterocycles. The molecule has 0 unspecified atom stereocenters. The van der Waals surface area contributed by atoms with E-state index in [2.05, 4.69) is 280 Å². The number of hydrogen-bond acceptors (Lipinski definition) is 1. The maximum atomic E-state index is 2.55. The maximum absolute atomic E-state index is 2.55. The molecule has 0 bridgehead atoms. The van der Waals surface area contributed by atoms with Gasteiger partial charge in [-0.05, 0) is 136 Å². The van der Waals surface area contributed by atoms with Gasteiger partial charge in [0.25, 0.3) is 0 Å². The summed E-state index contributed by atoms with van der Waals surface area (Å²) >= 11 is 0. The Labute approximate surface area is 416 Å². The monoisotopic (exact) mass is 903 g/mol. The third kappa shape index (κ3) is 6.00. The molecule has 1 spiro atoms. The summed E-state index contributed by atoms with van der Waals surface area (Å²) in [4.78, 5) is 2.55. The zero-order chi connectivity index (χ0) is 47.3. The van der Waals surface area contributed by atoms with Gasteiger partial charge in [-0.1, -0.05) is 244 Å². The summed E-state index contributed by atoms with van der Waals surface area (Å²) in [5, 5.41) is 0. The van der Waals surface area contributed by atoms with Crippen LogP contribution in [0.4, 0.5) is 17.1 Å². The van der Waals surface area contributed by atoms with Crippen molar-refractivity contribution in [2.45, 2.75) is 24.7 Å².